The third-order valence-corrected chi connectivity index (χ3v) is 7.20. The summed E-state index contributed by atoms with van der Waals surface area (Å²) in [5, 5.41) is 6.15. The highest BCUT2D eigenvalue weighted by Gasteiger charge is 2.13. The largest absolute Gasteiger partial charge is 0.355 e. The average molecular weight is 487 g/mol. The van der Waals surface area contributed by atoms with Crippen molar-refractivity contribution in [3.8, 4) is 27.9 Å². The molecule has 180 valence electrons. The summed E-state index contributed by atoms with van der Waals surface area (Å²) in [4.78, 5) is 0. The lowest BCUT2D eigenvalue weighted by Gasteiger charge is -2.13. The average Bonchev–Trinajstić information content (AvgIpc) is 3.32. The summed E-state index contributed by atoms with van der Waals surface area (Å²) in [6.45, 7) is 0. The van der Waals surface area contributed by atoms with Gasteiger partial charge in [0.15, 0.2) is 0 Å². The van der Waals surface area contributed by atoms with Crippen LogP contribution in [0, 0.1) is 0 Å². The molecule has 1 heterocycles. The molecule has 0 aliphatic heterocycles. The van der Waals surface area contributed by atoms with Gasteiger partial charge in [0.2, 0.25) is 0 Å². The number of aromatic nitrogens is 1. The number of para-hydroxylation sites is 3. The summed E-state index contributed by atoms with van der Waals surface area (Å²) in [5.41, 5.74) is 10.6. The Hall–Kier alpha value is -5.08. The van der Waals surface area contributed by atoms with E-state index in [9.17, 15) is 0 Å². The van der Waals surface area contributed by atoms with Crippen LogP contribution >= 0.6 is 0 Å². The Morgan fingerprint density at radius 3 is 1.87 bits per heavy atom. The Morgan fingerprint density at radius 1 is 0.421 bits per heavy atom. The normalized spacial score (nSPS) is 11.2. The van der Waals surface area contributed by atoms with Gasteiger partial charge in [-0.05, 0) is 65.2 Å². The predicted molar refractivity (Wildman–Crippen MR) is 161 cm³/mol. The molecule has 0 spiro atoms. The fourth-order valence-electron chi connectivity index (χ4n) is 5.37. The van der Waals surface area contributed by atoms with Crippen molar-refractivity contribution in [3.63, 3.8) is 0 Å². The Bertz CT molecular complexity index is 1860. The summed E-state index contributed by atoms with van der Waals surface area (Å²) < 4.78 is 2.35. The molecule has 0 atom stereocenters. The molecule has 0 saturated carbocycles. The van der Waals surface area contributed by atoms with Gasteiger partial charge in [-0.3, -0.25) is 0 Å². The van der Waals surface area contributed by atoms with Crippen LogP contribution in [-0.2, 0) is 0 Å². The molecule has 2 nitrogen and oxygen atoms in total. The number of nitrogens with one attached hydrogen (secondary N) is 1. The fraction of sp³-hybridized carbons (Fsp3) is 0. The Kier molecular flexibility index (Phi) is 5.49. The number of anilines is 2. The Labute approximate surface area is 222 Å². The van der Waals surface area contributed by atoms with Gasteiger partial charge in [-0.1, -0.05) is 103 Å². The molecule has 38 heavy (non-hydrogen) atoms. The number of hydrogen-bond donors (Lipinski definition) is 1. The van der Waals surface area contributed by atoms with E-state index in [1.165, 1.54) is 49.7 Å². The van der Waals surface area contributed by atoms with Gasteiger partial charge >= 0.3 is 0 Å². The third kappa shape index (κ3) is 3.93. The molecule has 0 aliphatic carbocycles. The van der Waals surface area contributed by atoms with Gasteiger partial charge in [-0.15, -0.1) is 0 Å². The van der Waals surface area contributed by atoms with Crippen LogP contribution in [0.25, 0.3) is 49.7 Å². The first-order valence-corrected chi connectivity index (χ1v) is 13.0. The van der Waals surface area contributed by atoms with E-state index in [0.717, 1.165) is 11.4 Å². The van der Waals surface area contributed by atoms with Crippen molar-refractivity contribution >= 4 is 33.2 Å². The van der Waals surface area contributed by atoms with Crippen LogP contribution in [0.15, 0.2) is 152 Å². The first kappa shape index (κ1) is 22.1. The zero-order valence-corrected chi connectivity index (χ0v) is 20.9. The zero-order valence-electron chi connectivity index (χ0n) is 20.9. The van der Waals surface area contributed by atoms with E-state index in [1.807, 2.05) is 0 Å². The monoisotopic (exact) mass is 486 g/mol. The van der Waals surface area contributed by atoms with Crippen LogP contribution in [-0.4, -0.2) is 4.57 Å². The molecular weight excluding hydrogens is 460 g/mol. The third-order valence-electron chi connectivity index (χ3n) is 7.20. The van der Waals surface area contributed by atoms with Crippen molar-refractivity contribution in [1.82, 2.24) is 4.57 Å². The van der Waals surface area contributed by atoms with Crippen LogP contribution in [0.3, 0.4) is 0 Å². The van der Waals surface area contributed by atoms with E-state index < -0.39 is 0 Å². The summed E-state index contributed by atoms with van der Waals surface area (Å²) in [6.07, 6.45) is 0. The molecule has 7 rings (SSSR count). The first-order valence-electron chi connectivity index (χ1n) is 13.0. The maximum atomic E-state index is 3.62. The molecule has 0 radical (unpaired) electrons. The minimum absolute atomic E-state index is 1.07. The lowest BCUT2D eigenvalue weighted by Crippen LogP contribution is -1.93. The van der Waals surface area contributed by atoms with Crippen molar-refractivity contribution in [2.24, 2.45) is 0 Å². The molecule has 0 bridgehead atoms. The minimum atomic E-state index is 1.07. The SMILES string of the molecule is c1ccc(-c2ccccc2Nc2ccc(-c3ccc4c(c3)c3ccccc3n4-c3ccccc3)cc2)cc1. The standard InChI is InChI=1S/C36H26N2/c1-3-11-27(12-4-1)31-15-7-9-17-34(31)37-29-22-19-26(20-23-29)28-21-24-36-33(25-28)32-16-8-10-18-35(32)38(36)30-13-5-2-6-14-30/h1-25,37H. The first-order chi connectivity index (χ1) is 18.8. The van der Waals surface area contributed by atoms with Gasteiger partial charge in [0.25, 0.3) is 0 Å². The molecule has 0 aliphatic rings. The van der Waals surface area contributed by atoms with Crippen LogP contribution < -0.4 is 5.32 Å². The lowest BCUT2D eigenvalue weighted by atomic mass is 10.0. The van der Waals surface area contributed by atoms with Crippen molar-refractivity contribution < 1.29 is 0 Å². The highest BCUT2D eigenvalue weighted by Crippen LogP contribution is 2.35. The maximum absolute atomic E-state index is 3.62. The molecular formula is C36H26N2. The van der Waals surface area contributed by atoms with Crippen molar-refractivity contribution in [2.45, 2.75) is 0 Å². The molecule has 0 unspecified atom stereocenters. The van der Waals surface area contributed by atoms with Gasteiger partial charge in [-0.25, -0.2) is 0 Å². The Balaban J connectivity index is 1.24. The summed E-state index contributed by atoms with van der Waals surface area (Å²) in [6, 6.07) is 53.7. The molecule has 1 aromatic heterocycles. The summed E-state index contributed by atoms with van der Waals surface area (Å²) >= 11 is 0. The molecule has 0 saturated heterocycles. The summed E-state index contributed by atoms with van der Waals surface area (Å²) in [5.74, 6) is 0. The van der Waals surface area contributed by atoms with Crippen LogP contribution in [0.1, 0.15) is 0 Å². The number of benzene rings is 6. The number of nitrogens with zero attached hydrogens (tertiary/aromatic N) is 1. The quantitative estimate of drug-likeness (QED) is 0.256. The molecule has 0 fully saturated rings. The van der Waals surface area contributed by atoms with Gasteiger partial charge in [0, 0.05) is 33.4 Å². The minimum Gasteiger partial charge on any atom is -0.355 e. The predicted octanol–water partition coefficient (Wildman–Crippen LogP) is 9.86. The van der Waals surface area contributed by atoms with E-state index in [1.54, 1.807) is 0 Å². The highest BCUT2D eigenvalue weighted by molar-refractivity contribution is 6.10. The van der Waals surface area contributed by atoms with Crippen LogP contribution in [0.2, 0.25) is 0 Å². The second-order valence-electron chi connectivity index (χ2n) is 9.53. The van der Waals surface area contributed by atoms with Crippen molar-refractivity contribution in [1.29, 1.82) is 0 Å². The second kappa shape index (κ2) is 9.42. The van der Waals surface area contributed by atoms with Gasteiger partial charge in [-0.2, -0.15) is 0 Å². The molecule has 1 N–H and O–H groups in total. The highest BCUT2D eigenvalue weighted by atomic mass is 15.0. The number of fused-ring (bicyclic) bond motifs is 3. The van der Waals surface area contributed by atoms with Gasteiger partial charge < -0.3 is 9.88 Å². The van der Waals surface area contributed by atoms with Crippen molar-refractivity contribution in [2.75, 3.05) is 5.32 Å². The zero-order chi connectivity index (χ0) is 25.3. The van der Waals surface area contributed by atoms with E-state index >= 15 is 0 Å². The lowest BCUT2D eigenvalue weighted by molar-refractivity contribution is 1.18. The number of rotatable bonds is 5. The molecule has 6 aromatic carbocycles. The topological polar surface area (TPSA) is 17.0 Å². The van der Waals surface area contributed by atoms with Crippen LogP contribution in [0.4, 0.5) is 11.4 Å². The van der Waals surface area contributed by atoms with Crippen LogP contribution in [0.5, 0.6) is 0 Å². The smallest absolute Gasteiger partial charge is 0.0541 e. The van der Waals surface area contributed by atoms with E-state index in [4.69, 9.17) is 0 Å². The van der Waals surface area contributed by atoms with E-state index in [2.05, 4.69) is 162 Å². The van der Waals surface area contributed by atoms with Gasteiger partial charge in [0.1, 0.15) is 0 Å². The van der Waals surface area contributed by atoms with Gasteiger partial charge in [0.05, 0.1) is 11.0 Å². The second-order valence-corrected chi connectivity index (χ2v) is 9.53. The van der Waals surface area contributed by atoms with E-state index in [-0.39, 0.29) is 0 Å². The molecule has 7 aromatic rings. The van der Waals surface area contributed by atoms with Crippen molar-refractivity contribution in [3.05, 3.63) is 152 Å². The molecule has 0 amide bonds. The fourth-order valence-corrected chi connectivity index (χ4v) is 5.37. The Morgan fingerprint density at radius 2 is 1.05 bits per heavy atom. The summed E-state index contributed by atoms with van der Waals surface area (Å²) in [7, 11) is 0. The molecule has 2 heteroatoms. The van der Waals surface area contributed by atoms with E-state index in [0.29, 0.717) is 0 Å². The maximum Gasteiger partial charge on any atom is 0.0541 e. The number of hydrogen-bond acceptors (Lipinski definition) is 1.